The predicted octanol–water partition coefficient (Wildman–Crippen LogP) is 8.52. The van der Waals surface area contributed by atoms with Crippen molar-refractivity contribution in [2.75, 3.05) is 0 Å². The fourth-order valence-corrected chi connectivity index (χ4v) is 11.7. The molecule has 0 aromatic heterocycles. The summed E-state index contributed by atoms with van der Waals surface area (Å²) in [5, 5.41) is 36.0. The molecule has 5 aliphatic heterocycles. The fourth-order valence-electron chi connectivity index (χ4n) is 11.7. The van der Waals surface area contributed by atoms with Crippen molar-refractivity contribution in [3.8, 4) is 5.75 Å². The van der Waals surface area contributed by atoms with Crippen LogP contribution < -0.4 is 10.1 Å². The van der Waals surface area contributed by atoms with Crippen molar-refractivity contribution in [2.45, 2.75) is 205 Å². The minimum atomic E-state index is -4.90. The highest BCUT2D eigenvalue weighted by atomic mass is 19.4. The zero-order chi connectivity index (χ0) is 48.7. The molecule has 5 heterocycles. The number of ketones is 1. The first-order valence-electron chi connectivity index (χ1n) is 24.3. The van der Waals surface area contributed by atoms with Crippen LogP contribution in [-0.4, -0.2) is 105 Å². The first kappa shape index (κ1) is 52.3. The molecule has 13 nitrogen and oxygen atoms in total. The van der Waals surface area contributed by atoms with Gasteiger partial charge in [-0.25, -0.2) is 0 Å². The van der Waals surface area contributed by atoms with Crippen molar-refractivity contribution in [3.63, 3.8) is 0 Å². The number of amides is 1. The Morgan fingerprint density at radius 1 is 0.894 bits per heavy atom. The van der Waals surface area contributed by atoms with Crippen LogP contribution >= 0.6 is 0 Å². The van der Waals surface area contributed by atoms with E-state index in [1.807, 2.05) is 62.3 Å². The zero-order valence-electron chi connectivity index (χ0n) is 40.3. The number of carbonyl (C=O) groups excluding carboxylic acids is 2. The number of benzene rings is 1. The zero-order valence-corrected chi connectivity index (χ0v) is 40.3. The van der Waals surface area contributed by atoms with Crippen LogP contribution in [0.25, 0.3) is 0 Å². The molecule has 0 saturated carbocycles. The Morgan fingerprint density at radius 2 is 1.56 bits per heavy atom. The lowest BCUT2D eigenvalue weighted by atomic mass is 9.72. The van der Waals surface area contributed by atoms with Gasteiger partial charge in [0.2, 0.25) is 0 Å². The van der Waals surface area contributed by atoms with E-state index in [0.717, 1.165) is 18.6 Å². The number of aliphatic hydroxyl groups excluding tert-OH is 1. The summed E-state index contributed by atoms with van der Waals surface area (Å²) in [6.45, 7) is 19.1. The van der Waals surface area contributed by atoms with Crippen LogP contribution in [0.1, 0.15) is 144 Å². The molecule has 66 heavy (non-hydrogen) atoms. The summed E-state index contributed by atoms with van der Waals surface area (Å²) in [7, 11) is 0. The molecule has 6 rings (SSSR count). The number of hydrogen-bond acceptors (Lipinski definition) is 11. The van der Waals surface area contributed by atoms with E-state index < -0.39 is 113 Å². The van der Waals surface area contributed by atoms with Gasteiger partial charge in [-0.3, -0.25) is 14.4 Å². The predicted molar refractivity (Wildman–Crippen MR) is 237 cm³/mol. The van der Waals surface area contributed by atoms with Gasteiger partial charge in [-0.1, -0.05) is 61.5 Å². The second kappa shape index (κ2) is 20.1. The maximum atomic E-state index is 14.7. The topological polar surface area (TPSA) is 179 Å². The molecule has 0 bridgehead atoms. The number of rotatable bonds is 15. The number of alkyl halides is 3. The number of hydrogen-bond donors (Lipinski definition) is 4. The van der Waals surface area contributed by atoms with Gasteiger partial charge >= 0.3 is 12.3 Å². The molecule has 0 radical (unpaired) electrons. The van der Waals surface area contributed by atoms with Crippen LogP contribution in [0.4, 0.5) is 13.2 Å². The number of carboxylic acids is 1. The van der Waals surface area contributed by atoms with Crippen LogP contribution in [0, 0.1) is 41.4 Å². The average Bonchev–Trinajstić information content (AvgIpc) is 3.60. The Kier molecular flexibility index (Phi) is 15.9. The quantitative estimate of drug-likeness (QED) is 0.123. The van der Waals surface area contributed by atoms with E-state index in [2.05, 4.69) is 10.1 Å². The summed E-state index contributed by atoms with van der Waals surface area (Å²) in [5.74, 6) is -7.98. The maximum Gasteiger partial charge on any atom is 0.573 e. The number of halogens is 3. The lowest BCUT2D eigenvalue weighted by molar-refractivity contribution is -0.397. The van der Waals surface area contributed by atoms with Gasteiger partial charge in [-0.15, -0.1) is 13.2 Å². The molecule has 4 fully saturated rings. The highest BCUT2D eigenvalue weighted by Crippen LogP contribution is 2.54. The van der Waals surface area contributed by atoms with Crippen LogP contribution in [0.5, 0.6) is 5.75 Å². The van der Waals surface area contributed by atoms with Gasteiger partial charge in [-0.2, -0.15) is 0 Å². The Hall–Kier alpha value is -3.12. The van der Waals surface area contributed by atoms with E-state index in [1.54, 1.807) is 19.1 Å². The second-order valence-corrected chi connectivity index (χ2v) is 20.5. The molecule has 16 heteroatoms. The van der Waals surface area contributed by atoms with Gasteiger partial charge < -0.3 is 49.1 Å². The summed E-state index contributed by atoms with van der Waals surface area (Å²) in [6.07, 6.45) is 0.126. The normalized spacial score (nSPS) is 39.5. The lowest BCUT2D eigenvalue weighted by Crippen LogP contribution is -2.65. The SMILES string of the molecule is CC[C@@H](C(=O)[C@@H](C)[C@@H](O)[C@H](C)[C@@H]1O[C@@H]([C@@H](CC)C(=O)O)CC[C@@H]1C)[C@H]1O[C@]2(C=C[C@@H](NC(=O)c3ccc(OC(F)(F)F)cc3)[C@]3(CC[C@@](C)([C@H]4CC[C@](O)(CC)[C@H](C)O4)O3)O2)[C@H](C)C[C@@H]1C. The molecule has 1 amide bonds. The van der Waals surface area contributed by atoms with Gasteiger partial charge in [0.1, 0.15) is 17.6 Å². The van der Waals surface area contributed by atoms with Gasteiger partial charge in [-0.05, 0) is 114 Å². The highest BCUT2D eigenvalue weighted by molar-refractivity contribution is 5.94. The van der Waals surface area contributed by atoms with Crippen LogP contribution in [0.15, 0.2) is 36.4 Å². The molecule has 0 unspecified atom stereocenters. The maximum absolute atomic E-state index is 14.7. The van der Waals surface area contributed by atoms with Gasteiger partial charge in [0.05, 0.1) is 53.7 Å². The first-order valence-corrected chi connectivity index (χ1v) is 24.3. The van der Waals surface area contributed by atoms with Crippen molar-refractivity contribution in [1.29, 1.82) is 0 Å². The van der Waals surface area contributed by atoms with Gasteiger partial charge in [0, 0.05) is 35.7 Å². The van der Waals surface area contributed by atoms with Crippen LogP contribution in [-0.2, 0) is 33.3 Å². The third-order valence-corrected chi connectivity index (χ3v) is 16.1. The minimum absolute atomic E-state index is 0.0476. The molecular formula is C50H74F3NO12. The molecule has 1 aromatic rings. The lowest BCUT2D eigenvalue weighted by Gasteiger charge is -2.55. The van der Waals surface area contributed by atoms with E-state index in [4.69, 9.17) is 23.7 Å². The van der Waals surface area contributed by atoms with E-state index in [1.165, 1.54) is 12.1 Å². The fraction of sp³-hybridized carbons (Fsp3) is 0.780. The molecule has 0 aliphatic carbocycles. The van der Waals surface area contributed by atoms with E-state index in [9.17, 15) is 42.9 Å². The van der Waals surface area contributed by atoms with E-state index in [-0.39, 0.29) is 35.5 Å². The highest BCUT2D eigenvalue weighted by Gasteiger charge is 2.63. The summed E-state index contributed by atoms with van der Waals surface area (Å²) >= 11 is 0. The van der Waals surface area contributed by atoms with Crippen molar-refractivity contribution in [2.24, 2.45) is 41.4 Å². The third-order valence-electron chi connectivity index (χ3n) is 16.1. The Morgan fingerprint density at radius 3 is 2.15 bits per heavy atom. The minimum Gasteiger partial charge on any atom is -0.481 e. The van der Waals surface area contributed by atoms with Gasteiger partial charge in [0.15, 0.2) is 11.6 Å². The Labute approximate surface area is 387 Å². The number of aliphatic hydroxyl groups is 2. The number of Topliss-reactive ketones (excluding diaryl/α,β-unsaturated/α-hetero) is 1. The smallest absolute Gasteiger partial charge is 0.481 e. The average molecular weight is 938 g/mol. The number of carbonyl (C=O) groups is 3. The monoisotopic (exact) mass is 938 g/mol. The Bertz CT molecular complexity index is 1900. The third kappa shape index (κ3) is 10.5. The van der Waals surface area contributed by atoms with Crippen molar-refractivity contribution < 1.29 is 71.3 Å². The summed E-state index contributed by atoms with van der Waals surface area (Å²) in [4.78, 5) is 40.6. The van der Waals surface area contributed by atoms with E-state index in [0.29, 0.717) is 51.4 Å². The number of nitrogens with one attached hydrogen (secondary N) is 1. The summed E-state index contributed by atoms with van der Waals surface area (Å²) < 4.78 is 77.0. The molecule has 18 atom stereocenters. The molecule has 5 aliphatic rings. The number of carboxylic acid groups (broad SMARTS) is 1. The number of aliphatic carboxylic acids is 1. The Balaban J connectivity index is 1.26. The van der Waals surface area contributed by atoms with Crippen molar-refractivity contribution in [3.05, 3.63) is 42.0 Å². The molecular weight excluding hydrogens is 864 g/mol. The summed E-state index contributed by atoms with van der Waals surface area (Å²) in [5.41, 5.74) is -1.84. The van der Waals surface area contributed by atoms with Crippen molar-refractivity contribution >= 4 is 17.7 Å². The number of ether oxygens (including phenoxy) is 6. The van der Waals surface area contributed by atoms with E-state index >= 15 is 0 Å². The molecule has 2 spiro atoms. The molecule has 372 valence electrons. The standard InChI is InChI=1S/C50H74F3NO12/c1-11-35(45(58)59)37-19-14-27(4)42(62-37)31(8)40(55)30(7)41(56)36(12-2)43-28(5)26-29(6)48(64-43)23-20-38(54-44(57)33-15-17-34(18-16-33)63-50(51,52)53)49(66-48)25-24-46(10,65-49)39-21-22-47(60,13-3)32(9)61-39/h15-18,20,23,27-32,35-40,42-43,55,60H,11-14,19,21-22,24-26H2,1-10H3,(H,54,57)(H,58,59)/t27-,28-,29+,30-,31-,32-,35+,36-,37+,38+,39+,40+,42+,43-,46-,47+,48-,49-/m0/s1. The first-order chi connectivity index (χ1) is 30.8. The molecule has 4 saturated heterocycles. The second-order valence-electron chi connectivity index (χ2n) is 20.5. The van der Waals surface area contributed by atoms with Crippen LogP contribution in [0.3, 0.4) is 0 Å². The van der Waals surface area contributed by atoms with Crippen molar-refractivity contribution in [1.82, 2.24) is 5.32 Å². The molecule has 4 N–H and O–H groups in total. The van der Waals surface area contributed by atoms with Crippen LogP contribution in [0.2, 0.25) is 0 Å². The summed E-state index contributed by atoms with van der Waals surface area (Å²) in [6, 6.07) is 3.71. The molecule has 1 aromatic carbocycles. The largest absolute Gasteiger partial charge is 0.573 e. The van der Waals surface area contributed by atoms with Gasteiger partial charge in [0.25, 0.3) is 5.91 Å².